The van der Waals surface area contributed by atoms with Crippen LogP contribution in [0.3, 0.4) is 0 Å². The zero-order chi connectivity index (χ0) is 28.3. The molecule has 0 bridgehead atoms. The lowest BCUT2D eigenvalue weighted by atomic mass is 9.83. The van der Waals surface area contributed by atoms with Gasteiger partial charge in [-0.25, -0.2) is 0 Å². The largest absolute Gasteiger partial charge is 0.378 e. The van der Waals surface area contributed by atoms with E-state index in [0.29, 0.717) is 34.3 Å². The number of nitrogens with one attached hydrogen (secondary N) is 2. The summed E-state index contributed by atoms with van der Waals surface area (Å²) in [4.78, 5) is 39.4. The number of aryl methyl sites for hydroxylation is 1. The van der Waals surface area contributed by atoms with Gasteiger partial charge >= 0.3 is 0 Å². The normalized spacial score (nSPS) is 12.0. The minimum absolute atomic E-state index is 0.0264. The van der Waals surface area contributed by atoms with E-state index in [1.165, 1.54) is 11.8 Å². The molecule has 0 saturated carbocycles. The number of hydrogen-bond donors (Lipinski definition) is 2. The van der Waals surface area contributed by atoms with Crippen molar-refractivity contribution in [3.63, 3.8) is 0 Å². The molecule has 0 radical (unpaired) electrons. The van der Waals surface area contributed by atoms with Gasteiger partial charge in [0.1, 0.15) is 0 Å². The molecule has 8 nitrogen and oxygen atoms in total. The summed E-state index contributed by atoms with van der Waals surface area (Å²) < 4.78 is 1.92. The van der Waals surface area contributed by atoms with Crippen LogP contribution in [-0.2, 0) is 11.3 Å². The fraction of sp³-hybridized carbons (Fsp3) is 0.0938. The summed E-state index contributed by atoms with van der Waals surface area (Å²) in [6, 6.07) is 29.4. The number of rotatable bonds is 8. The average molecular weight is 560 g/mol. The first-order valence-corrected chi connectivity index (χ1v) is 14.0. The zero-order valence-corrected chi connectivity index (χ0v) is 22.9. The summed E-state index contributed by atoms with van der Waals surface area (Å²) in [6.07, 6.45) is 0. The number of para-hydroxylation sites is 2. The van der Waals surface area contributed by atoms with Gasteiger partial charge in [-0.1, -0.05) is 84.6 Å². The maximum absolute atomic E-state index is 13.3. The predicted molar refractivity (Wildman–Crippen MR) is 159 cm³/mol. The summed E-state index contributed by atoms with van der Waals surface area (Å²) in [7, 11) is 0. The van der Waals surface area contributed by atoms with Crippen molar-refractivity contribution >= 4 is 40.6 Å². The fourth-order valence-electron chi connectivity index (χ4n) is 4.86. The van der Waals surface area contributed by atoms with E-state index >= 15 is 0 Å². The number of hydrogen-bond acceptors (Lipinski definition) is 7. The van der Waals surface area contributed by atoms with E-state index in [1.54, 1.807) is 42.5 Å². The maximum Gasteiger partial charge on any atom is 0.234 e. The summed E-state index contributed by atoms with van der Waals surface area (Å²) >= 11 is 1.24. The molecular weight excluding hydrogens is 534 g/mol. The highest BCUT2D eigenvalue weighted by Crippen LogP contribution is 2.32. The van der Waals surface area contributed by atoms with E-state index < -0.39 is 0 Å². The molecule has 1 aromatic heterocycles. The number of nitrogens with zero attached hydrogens (tertiary/aromatic N) is 3. The first-order chi connectivity index (χ1) is 20.0. The van der Waals surface area contributed by atoms with E-state index in [4.69, 9.17) is 0 Å². The minimum atomic E-state index is -0.329. The summed E-state index contributed by atoms with van der Waals surface area (Å²) in [5.74, 6) is -0.123. The van der Waals surface area contributed by atoms with Crippen molar-refractivity contribution < 1.29 is 14.4 Å². The maximum atomic E-state index is 13.3. The topological polar surface area (TPSA) is 106 Å². The highest BCUT2D eigenvalue weighted by atomic mass is 32.2. The van der Waals surface area contributed by atoms with Crippen molar-refractivity contribution in [3.8, 4) is 5.69 Å². The van der Waals surface area contributed by atoms with E-state index in [9.17, 15) is 14.4 Å². The van der Waals surface area contributed by atoms with Crippen LogP contribution in [0.4, 0.5) is 11.4 Å². The third kappa shape index (κ3) is 5.15. The highest BCUT2D eigenvalue weighted by Gasteiger charge is 2.31. The second-order valence-corrected chi connectivity index (χ2v) is 10.4. The number of carbonyl (C=O) groups is 3. The molecule has 1 aliphatic carbocycles. The van der Waals surface area contributed by atoms with Crippen LogP contribution in [0.2, 0.25) is 0 Å². The zero-order valence-electron chi connectivity index (χ0n) is 22.1. The summed E-state index contributed by atoms with van der Waals surface area (Å²) in [5.41, 5.74) is 4.53. The van der Waals surface area contributed by atoms with Crippen LogP contribution in [0.1, 0.15) is 43.2 Å². The first kappa shape index (κ1) is 26.2. The van der Waals surface area contributed by atoms with Crippen molar-refractivity contribution in [1.29, 1.82) is 0 Å². The summed E-state index contributed by atoms with van der Waals surface area (Å²) in [6.45, 7) is 2.48. The van der Waals surface area contributed by atoms with Gasteiger partial charge < -0.3 is 10.6 Å². The quantitative estimate of drug-likeness (QED) is 0.231. The lowest BCUT2D eigenvalue weighted by Gasteiger charge is -2.20. The Balaban J connectivity index is 1.21. The van der Waals surface area contributed by atoms with Crippen LogP contribution >= 0.6 is 11.8 Å². The molecular formula is C32H25N5O3S. The molecule has 0 unspecified atom stereocenters. The van der Waals surface area contributed by atoms with Crippen molar-refractivity contribution in [2.24, 2.45) is 0 Å². The molecule has 41 heavy (non-hydrogen) atoms. The van der Waals surface area contributed by atoms with Gasteiger partial charge in [-0.2, -0.15) is 0 Å². The second-order valence-electron chi connectivity index (χ2n) is 9.51. The number of amides is 1. The second kappa shape index (κ2) is 11.2. The van der Waals surface area contributed by atoms with Crippen molar-refractivity contribution in [2.75, 3.05) is 16.4 Å². The number of aromatic nitrogens is 3. The SMILES string of the molecule is Cc1ccccc1NCc1nnc(SCC(=O)Nc2cccc3c2C(=O)c2ccccc2C3=O)n1-c1ccccc1. The number of thioether (sulfide) groups is 1. The Morgan fingerprint density at radius 1 is 0.756 bits per heavy atom. The molecule has 6 rings (SSSR count). The van der Waals surface area contributed by atoms with E-state index in [-0.39, 0.29) is 34.4 Å². The Hall–Kier alpha value is -5.02. The highest BCUT2D eigenvalue weighted by molar-refractivity contribution is 7.99. The molecule has 4 aromatic carbocycles. The Kier molecular flexibility index (Phi) is 7.18. The van der Waals surface area contributed by atoms with Crippen molar-refractivity contribution in [2.45, 2.75) is 18.6 Å². The van der Waals surface area contributed by atoms with E-state index in [0.717, 1.165) is 16.9 Å². The monoisotopic (exact) mass is 559 g/mol. The third-order valence-corrected chi connectivity index (χ3v) is 7.78. The minimum Gasteiger partial charge on any atom is -0.378 e. The Bertz CT molecular complexity index is 1800. The molecule has 2 N–H and O–H groups in total. The van der Waals surface area contributed by atoms with Gasteiger partial charge in [0.2, 0.25) is 5.91 Å². The van der Waals surface area contributed by atoms with Gasteiger partial charge in [0.05, 0.1) is 23.5 Å². The molecule has 1 aliphatic rings. The number of carbonyl (C=O) groups excluding carboxylic acids is 3. The standard InChI is InChI=1S/C32H25N5O3S/c1-20-10-5-8-16-25(20)33-18-27-35-36-32(37(27)21-11-3-2-4-12-21)41-19-28(38)34-26-17-9-15-24-29(26)31(40)23-14-7-6-13-22(23)30(24)39/h2-17,33H,18-19H2,1H3,(H,34,38). The third-order valence-electron chi connectivity index (χ3n) is 6.86. The Morgan fingerprint density at radius 3 is 2.20 bits per heavy atom. The number of fused-ring (bicyclic) bond motifs is 2. The lowest BCUT2D eigenvalue weighted by molar-refractivity contribution is -0.113. The lowest BCUT2D eigenvalue weighted by Crippen LogP contribution is -2.24. The molecule has 0 fully saturated rings. The molecule has 0 spiro atoms. The van der Waals surface area contributed by atoms with Crippen LogP contribution in [0, 0.1) is 6.92 Å². The number of anilines is 2. The number of benzene rings is 4. The van der Waals surface area contributed by atoms with Gasteiger partial charge in [-0.05, 0) is 36.8 Å². The molecule has 202 valence electrons. The van der Waals surface area contributed by atoms with Gasteiger partial charge in [-0.3, -0.25) is 19.0 Å². The molecule has 1 heterocycles. The van der Waals surface area contributed by atoms with Crippen LogP contribution in [-0.4, -0.2) is 38.0 Å². The molecule has 0 aliphatic heterocycles. The molecule has 0 saturated heterocycles. The number of ketones is 2. The van der Waals surface area contributed by atoms with Crippen LogP contribution in [0.5, 0.6) is 0 Å². The van der Waals surface area contributed by atoms with Crippen LogP contribution in [0.15, 0.2) is 102 Å². The van der Waals surface area contributed by atoms with Gasteiger partial charge in [-0.15, -0.1) is 10.2 Å². The van der Waals surface area contributed by atoms with Crippen LogP contribution < -0.4 is 10.6 Å². The van der Waals surface area contributed by atoms with Crippen molar-refractivity contribution in [1.82, 2.24) is 14.8 Å². The average Bonchev–Trinajstić information content (AvgIpc) is 3.41. The Morgan fingerprint density at radius 2 is 1.41 bits per heavy atom. The molecule has 1 amide bonds. The Labute approximate surface area is 240 Å². The smallest absolute Gasteiger partial charge is 0.234 e. The van der Waals surface area contributed by atoms with Gasteiger partial charge in [0.25, 0.3) is 0 Å². The van der Waals surface area contributed by atoms with E-state index in [2.05, 4.69) is 20.8 Å². The molecule has 5 aromatic rings. The van der Waals surface area contributed by atoms with E-state index in [1.807, 2.05) is 66.1 Å². The van der Waals surface area contributed by atoms with Gasteiger partial charge in [0.15, 0.2) is 22.5 Å². The van der Waals surface area contributed by atoms with Crippen LogP contribution in [0.25, 0.3) is 5.69 Å². The molecule has 0 atom stereocenters. The first-order valence-electron chi connectivity index (χ1n) is 13.0. The fourth-order valence-corrected chi connectivity index (χ4v) is 5.63. The van der Waals surface area contributed by atoms with Gasteiger partial charge in [0, 0.05) is 28.1 Å². The predicted octanol–water partition coefficient (Wildman–Crippen LogP) is 5.69. The molecule has 9 heteroatoms. The summed E-state index contributed by atoms with van der Waals surface area (Å²) in [5, 5.41) is 15.6. The van der Waals surface area contributed by atoms with Crippen molar-refractivity contribution in [3.05, 3.63) is 131 Å².